The molecule has 0 aliphatic carbocycles. The summed E-state index contributed by atoms with van der Waals surface area (Å²) >= 11 is 0. The van der Waals surface area contributed by atoms with Crippen molar-refractivity contribution in [2.45, 2.75) is 39.2 Å². The molecule has 15 heavy (non-hydrogen) atoms. The van der Waals surface area contributed by atoms with Gasteiger partial charge in [-0.2, -0.15) is 0 Å². The Kier molecular flexibility index (Phi) is 4.82. The van der Waals surface area contributed by atoms with Gasteiger partial charge in [0.2, 0.25) is 5.91 Å². The molecule has 0 aromatic heterocycles. The lowest BCUT2D eigenvalue weighted by Crippen LogP contribution is -2.41. The summed E-state index contributed by atoms with van der Waals surface area (Å²) < 4.78 is 0. The summed E-state index contributed by atoms with van der Waals surface area (Å²) in [6.07, 6.45) is 5.21. The van der Waals surface area contributed by atoms with Crippen molar-refractivity contribution in [1.29, 1.82) is 0 Å². The first-order valence-electron chi connectivity index (χ1n) is 5.83. The van der Waals surface area contributed by atoms with Gasteiger partial charge in [-0.15, -0.1) is 0 Å². The Morgan fingerprint density at radius 1 is 1.60 bits per heavy atom. The zero-order valence-corrected chi connectivity index (χ0v) is 10.0. The Labute approximate surface area is 92.5 Å². The van der Waals surface area contributed by atoms with Crippen molar-refractivity contribution in [2.75, 3.05) is 20.1 Å². The Hall–Kier alpha value is -0.830. The Bertz CT molecular complexity index is 248. The van der Waals surface area contributed by atoms with Crippen LogP contribution in [0.25, 0.3) is 0 Å². The first-order chi connectivity index (χ1) is 7.20. The first kappa shape index (κ1) is 12.2. The van der Waals surface area contributed by atoms with Crippen molar-refractivity contribution >= 4 is 5.91 Å². The summed E-state index contributed by atoms with van der Waals surface area (Å²) in [5.41, 5.74) is 0.889. The van der Waals surface area contributed by atoms with Crippen LogP contribution >= 0.6 is 0 Å². The van der Waals surface area contributed by atoms with Crippen molar-refractivity contribution in [3.63, 3.8) is 0 Å². The normalized spacial score (nSPS) is 22.2. The number of hydrogen-bond donors (Lipinski definition) is 1. The Morgan fingerprint density at radius 2 is 2.33 bits per heavy atom. The number of nitrogens with zero attached hydrogens (tertiary/aromatic N) is 1. The topological polar surface area (TPSA) is 32.3 Å². The van der Waals surface area contributed by atoms with Gasteiger partial charge in [-0.1, -0.05) is 13.0 Å². The molecule has 0 radical (unpaired) electrons. The van der Waals surface area contributed by atoms with Gasteiger partial charge in [0.25, 0.3) is 0 Å². The van der Waals surface area contributed by atoms with Gasteiger partial charge in [-0.3, -0.25) is 4.79 Å². The van der Waals surface area contributed by atoms with E-state index >= 15 is 0 Å². The number of carbonyl (C=O) groups excluding carboxylic acids is 1. The number of rotatable bonds is 4. The second kappa shape index (κ2) is 5.91. The van der Waals surface area contributed by atoms with E-state index in [9.17, 15) is 4.79 Å². The van der Waals surface area contributed by atoms with Crippen molar-refractivity contribution in [1.82, 2.24) is 10.2 Å². The van der Waals surface area contributed by atoms with E-state index in [0.29, 0.717) is 6.04 Å². The van der Waals surface area contributed by atoms with Crippen molar-refractivity contribution < 1.29 is 4.79 Å². The van der Waals surface area contributed by atoms with Gasteiger partial charge in [0.15, 0.2) is 0 Å². The molecule has 86 valence electrons. The van der Waals surface area contributed by atoms with Crippen LogP contribution in [0.15, 0.2) is 11.6 Å². The molecule has 1 saturated heterocycles. The molecule has 3 nitrogen and oxygen atoms in total. The lowest BCUT2D eigenvalue weighted by molar-refractivity contribution is -0.127. The van der Waals surface area contributed by atoms with Crippen LogP contribution in [-0.4, -0.2) is 37.0 Å². The Morgan fingerprint density at radius 3 is 2.93 bits per heavy atom. The monoisotopic (exact) mass is 210 g/mol. The minimum Gasteiger partial charge on any atom is -0.335 e. The number of likely N-dealkylation sites (tertiary alicyclic amines) is 1. The zero-order valence-electron chi connectivity index (χ0n) is 10.0. The van der Waals surface area contributed by atoms with Gasteiger partial charge in [-0.25, -0.2) is 0 Å². The number of carbonyl (C=O) groups is 1. The Balaban J connectivity index is 2.62. The molecular weight excluding hydrogens is 188 g/mol. The van der Waals surface area contributed by atoms with Crippen LogP contribution in [-0.2, 0) is 4.79 Å². The zero-order chi connectivity index (χ0) is 11.3. The number of likely N-dealkylation sites (N-methyl/N-ethyl adjacent to an activating group) is 1. The molecule has 0 saturated carbocycles. The highest BCUT2D eigenvalue weighted by Crippen LogP contribution is 2.19. The van der Waals surface area contributed by atoms with Gasteiger partial charge >= 0.3 is 0 Å². The predicted molar refractivity (Wildman–Crippen MR) is 62.7 cm³/mol. The maximum atomic E-state index is 12.1. The third-order valence-corrected chi connectivity index (χ3v) is 2.93. The van der Waals surface area contributed by atoms with Crippen LogP contribution in [0.1, 0.15) is 33.1 Å². The van der Waals surface area contributed by atoms with Gasteiger partial charge in [-0.05, 0) is 33.2 Å². The average molecular weight is 210 g/mol. The highest BCUT2D eigenvalue weighted by Gasteiger charge is 2.28. The molecule has 1 aliphatic rings. The number of amides is 1. The lowest BCUT2D eigenvalue weighted by atomic mass is 10.2. The first-order valence-corrected chi connectivity index (χ1v) is 5.83. The molecule has 1 rings (SSSR count). The van der Waals surface area contributed by atoms with Gasteiger partial charge in [0.05, 0.1) is 0 Å². The summed E-state index contributed by atoms with van der Waals surface area (Å²) in [7, 11) is 1.94. The van der Waals surface area contributed by atoms with Crippen LogP contribution in [0.4, 0.5) is 0 Å². The number of nitrogens with one attached hydrogen (secondary N) is 1. The third kappa shape index (κ3) is 3.06. The highest BCUT2D eigenvalue weighted by atomic mass is 16.2. The maximum Gasteiger partial charge on any atom is 0.249 e. The molecular formula is C12H22N2O. The van der Waals surface area contributed by atoms with Crippen LogP contribution in [0.3, 0.4) is 0 Å². The minimum atomic E-state index is 0.217. The van der Waals surface area contributed by atoms with E-state index in [4.69, 9.17) is 0 Å². The molecule has 0 unspecified atom stereocenters. The standard InChI is InChI=1S/C12H22N2O/c1-4-6-10(2)12(15)14-8-5-7-11(14)9-13-3/h6,11,13H,4-5,7-9H2,1-3H3/b10-6-/t11-/m1/s1. The fourth-order valence-corrected chi connectivity index (χ4v) is 2.17. The molecule has 0 aromatic carbocycles. The molecule has 1 heterocycles. The maximum absolute atomic E-state index is 12.1. The summed E-state index contributed by atoms with van der Waals surface area (Å²) in [5, 5.41) is 3.15. The minimum absolute atomic E-state index is 0.217. The summed E-state index contributed by atoms with van der Waals surface area (Å²) in [5.74, 6) is 0.217. The second-order valence-electron chi connectivity index (χ2n) is 4.15. The van der Waals surface area contributed by atoms with Gasteiger partial charge in [0, 0.05) is 24.7 Å². The van der Waals surface area contributed by atoms with E-state index in [1.54, 1.807) is 0 Å². The van der Waals surface area contributed by atoms with Crippen LogP contribution in [0.2, 0.25) is 0 Å². The molecule has 0 bridgehead atoms. The molecule has 1 aliphatic heterocycles. The fourth-order valence-electron chi connectivity index (χ4n) is 2.17. The second-order valence-corrected chi connectivity index (χ2v) is 4.15. The molecule has 0 spiro atoms. The van der Waals surface area contributed by atoms with Crippen LogP contribution < -0.4 is 5.32 Å². The molecule has 1 fully saturated rings. The SMILES string of the molecule is CC/C=C(/C)C(=O)N1CCC[C@@H]1CNC. The summed E-state index contributed by atoms with van der Waals surface area (Å²) in [4.78, 5) is 14.1. The van der Waals surface area contributed by atoms with Gasteiger partial charge in [0.1, 0.15) is 0 Å². The predicted octanol–water partition coefficient (Wildman–Crippen LogP) is 1.55. The molecule has 1 amide bonds. The largest absolute Gasteiger partial charge is 0.335 e. The van der Waals surface area contributed by atoms with Crippen molar-refractivity contribution in [3.8, 4) is 0 Å². The van der Waals surface area contributed by atoms with E-state index in [2.05, 4.69) is 12.2 Å². The summed E-state index contributed by atoms with van der Waals surface area (Å²) in [6.45, 7) is 5.80. The number of allylic oxidation sites excluding steroid dienone is 1. The van der Waals surface area contributed by atoms with E-state index < -0.39 is 0 Å². The average Bonchev–Trinajstić information content (AvgIpc) is 2.66. The lowest BCUT2D eigenvalue weighted by Gasteiger charge is -2.24. The van der Waals surface area contributed by atoms with Crippen LogP contribution in [0, 0.1) is 0 Å². The highest BCUT2D eigenvalue weighted by molar-refractivity contribution is 5.93. The van der Waals surface area contributed by atoms with E-state index in [0.717, 1.165) is 37.9 Å². The summed E-state index contributed by atoms with van der Waals surface area (Å²) in [6, 6.07) is 0.391. The van der Waals surface area contributed by atoms with E-state index in [1.165, 1.54) is 0 Å². The molecule has 0 aromatic rings. The third-order valence-electron chi connectivity index (χ3n) is 2.93. The number of hydrogen-bond acceptors (Lipinski definition) is 2. The van der Waals surface area contributed by atoms with Gasteiger partial charge < -0.3 is 10.2 Å². The van der Waals surface area contributed by atoms with Crippen LogP contribution in [0.5, 0.6) is 0 Å². The van der Waals surface area contributed by atoms with E-state index in [-0.39, 0.29) is 5.91 Å². The van der Waals surface area contributed by atoms with Crippen molar-refractivity contribution in [2.24, 2.45) is 0 Å². The molecule has 3 heteroatoms. The van der Waals surface area contributed by atoms with E-state index in [1.807, 2.05) is 24.9 Å². The smallest absolute Gasteiger partial charge is 0.249 e. The van der Waals surface area contributed by atoms with Crippen molar-refractivity contribution in [3.05, 3.63) is 11.6 Å². The fraction of sp³-hybridized carbons (Fsp3) is 0.750. The quantitative estimate of drug-likeness (QED) is 0.714. The molecule has 1 N–H and O–H groups in total. The molecule has 1 atom stereocenters.